The number of hydrogen-bond donors (Lipinski definition) is 2. The maximum absolute atomic E-state index is 12.2. The fourth-order valence-corrected chi connectivity index (χ4v) is 2.83. The number of amides is 1. The maximum atomic E-state index is 12.2. The highest BCUT2D eigenvalue weighted by atomic mass is 16.5. The summed E-state index contributed by atoms with van der Waals surface area (Å²) in [6, 6.07) is 11.8. The SMILES string of the molecule is CC(C)CNC(=O)c1cc(Nc2ccccc2N2CCOCC2)ccn1. The second-order valence-electron chi connectivity index (χ2n) is 6.78. The Hall–Kier alpha value is -2.60. The van der Waals surface area contributed by atoms with Crippen LogP contribution in [-0.2, 0) is 4.74 Å². The number of rotatable bonds is 6. The van der Waals surface area contributed by atoms with E-state index in [1.54, 1.807) is 12.3 Å². The number of nitrogens with one attached hydrogen (secondary N) is 2. The molecule has 6 nitrogen and oxygen atoms in total. The normalized spacial score (nSPS) is 14.3. The molecule has 138 valence electrons. The van der Waals surface area contributed by atoms with Crippen LogP contribution >= 0.6 is 0 Å². The molecule has 0 aliphatic carbocycles. The van der Waals surface area contributed by atoms with Crippen LogP contribution in [0.1, 0.15) is 24.3 Å². The second kappa shape index (κ2) is 8.67. The van der Waals surface area contributed by atoms with Crippen molar-refractivity contribution >= 4 is 23.0 Å². The third-order valence-electron chi connectivity index (χ3n) is 4.20. The molecular weight excluding hydrogens is 328 g/mol. The van der Waals surface area contributed by atoms with E-state index in [0.29, 0.717) is 18.2 Å². The van der Waals surface area contributed by atoms with Crippen LogP contribution in [0.25, 0.3) is 0 Å². The summed E-state index contributed by atoms with van der Waals surface area (Å²) in [6.07, 6.45) is 1.66. The molecule has 6 heteroatoms. The molecule has 0 saturated carbocycles. The first-order chi connectivity index (χ1) is 12.6. The Bertz CT molecular complexity index is 742. The topological polar surface area (TPSA) is 66.5 Å². The van der Waals surface area contributed by atoms with Crippen molar-refractivity contribution in [2.75, 3.05) is 43.1 Å². The van der Waals surface area contributed by atoms with E-state index >= 15 is 0 Å². The Kier molecular flexibility index (Phi) is 6.07. The molecule has 1 aliphatic heterocycles. The van der Waals surface area contributed by atoms with Crippen molar-refractivity contribution in [3.8, 4) is 0 Å². The molecule has 1 saturated heterocycles. The van der Waals surface area contributed by atoms with Crippen molar-refractivity contribution in [3.63, 3.8) is 0 Å². The zero-order valence-electron chi connectivity index (χ0n) is 15.4. The largest absolute Gasteiger partial charge is 0.378 e. The highest BCUT2D eigenvalue weighted by molar-refractivity contribution is 5.93. The predicted molar refractivity (Wildman–Crippen MR) is 104 cm³/mol. The van der Waals surface area contributed by atoms with E-state index in [-0.39, 0.29) is 5.91 Å². The van der Waals surface area contributed by atoms with Crippen LogP contribution in [0.5, 0.6) is 0 Å². The summed E-state index contributed by atoms with van der Waals surface area (Å²) in [6.45, 7) is 7.99. The van der Waals surface area contributed by atoms with Gasteiger partial charge in [0.25, 0.3) is 5.91 Å². The van der Waals surface area contributed by atoms with Crippen LogP contribution in [0.2, 0.25) is 0 Å². The molecular formula is C20H26N4O2. The molecule has 0 bridgehead atoms. The molecule has 0 spiro atoms. The molecule has 1 amide bonds. The van der Waals surface area contributed by atoms with Gasteiger partial charge < -0.3 is 20.3 Å². The van der Waals surface area contributed by atoms with Gasteiger partial charge in [0, 0.05) is 31.5 Å². The lowest BCUT2D eigenvalue weighted by atomic mass is 10.2. The van der Waals surface area contributed by atoms with Gasteiger partial charge in [0.2, 0.25) is 0 Å². The molecule has 2 N–H and O–H groups in total. The van der Waals surface area contributed by atoms with Crippen molar-refractivity contribution in [1.82, 2.24) is 10.3 Å². The van der Waals surface area contributed by atoms with Crippen LogP contribution < -0.4 is 15.5 Å². The Morgan fingerprint density at radius 2 is 2.00 bits per heavy atom. The van der Waals surface area contributed by atoms with E-state index in [4.69, 9.17) is 4.74 Å². The van der Waals surface area contributed by atoms with Gasteiger partial charge >= 0.3 is 0 Å². The van der Waals surface area contributed by atoms with Crippen molar-refractivity contribution < 1.29 is 9.53 Å². The van der Waals surface area contributed by atoms with Gasteiger partial charge in [0.1, 0.15) is 5.69 Å². The second-order valence-corrected chi connectivity index (χ2v) is 6.78. The van der Waals surface area contributed by atoms with Gasteiger partial charge in [-0.05, 0) is 30.2 Å². The predicted octanol–water partition coefficient (Wildman–Crippen LogP) is 3.05. The Morgan fingerprint density at radius 3 is 2.77 bits per heavy atom. The lowest BCUT2D eigenvalue weighted by Gasteiger charge is -2.30. The van der Waals surface area contributed by atoms with E-state index in [9.17, 15) is 4.79 Å². The number of anilines is 3. The first-order valence-corrected chi connectivity index (χ1v) is 9.06. The lowest BCUT2D eigenvalue weighted by Crippen LogP contribution is -2.36. The Labute approximate surface area is 154 Å². The standard InChI is InChI=1S/C20H26N4O2/c1-15(2)14-22-20(25)18-13-16(7-8-21-18)23-17-5-3-4-6-19(17)24-9-11-26-12-10-24/h3-8,13,15H,9-12,14H2,1-2H3,(H,21,23)(H,22,25). The van der Waals surface area contributed by atoms with Gasteiger partial charge in [-0.1, -0.05) is 26.0 Å². The van der Waals surface area contributed by atoms with E-state index < -0.39 is 0 Å². The smallest absolute Gasteiger partial charge is 0.269 e. The average Bonchev–Trinajstić information content (AvgIpc) is 2.67. The van der Waals surface area contributed by atoms with Gasteiger partial charge in [-0.25, -0.2) is 0 Å². The number of para-hydroxylation sites is 2. The highest BCUT2D eigenvalue weighted by Crippen LogP contribution is 2.29. The summed E-state index contributed by atoms with van der Waals surface area (Å²) in [5.41, 5.74) is 3.41. The summed E-state index contributed by atoms with van der Waals surface area (Å²) in [7, 11) is 0. The maximum Gasteiger partial charge on any atom is 0.269 e. The number of carbonyl (C=O) groups excluding carboxylic acids is 1. The number of hydrogen-bond acceptors (Lipinski definition) is 5. The van der Waals surface area contributed by atoms with Crippen LogP contribution in [0.3, 0.4) is 0 Å². The third kappa shape index (κ3) is 4.73. The van der Waals surface area contributed by atoms with E-state index in [2.05, 4.69) is 40.4 Å². The minimum absolute atomic E-state index is 0.149. The highest BCUT2D eigenvalue weighted by Gasteiger charge is 2.15. The van der Waals surface area contributed by atoms with Gasteiger partial charge in [0.15, 0.2) is 0 Å². The van der Waals surface area contributed by atoms with Gasteiger partial charge in [0.05, 0.1) is 24.6 Å². The summed E-state index contributed by atoms with van der Waals surface area (Å²) in [5.74, 6) is 0.254. The molecule has 2 heterocycles. The van der Waals surface area contributed by atoms with Crippen molar-refractivity contribution in [2.45, 2.75) is 13.8 Å². The van der Waals surface area contributed by atoms with Crippen molar-refractivity contribution in [2.24, 2.45) is 5.92 Å². The van der Waals surface area contributed by atoms with E-state index in [1.165, 1.54) is 0 Å². The minimum Gasteiger partial charge on any atom is -0.378 e. The van der Waals surface area contributed by atoms with Crippen molar-refractivity contribution in [1.29, 1.82) is 0 Å². The molecule has 26 heavy (non-hydrogen) atoms. The van der Waals surface area contributed by atoms with Gasteiger partial charge in [-0.2, -0.15) is 0 Å². The van der Waals surface area contributed by atoms with Crippen LogP contribution in [0.15, 0.2) is 42.6 Å². The molecule has 0 unspecified atom stereocenters. The average molecular weight is 354 g/mol. The molecule has 3 rings (SSSR count). The summed E-state index contributed by atoms with van der Waals surface area (Å²) >= 11 is 0. The van der Waals surface area contributed by atoms with Crippen LogP contribution in [-0.4, -0.2) is 43.7 Å². The monoisotopic (exact) mass is 354 g/mol. The Balaban J connectivity index is 1.75. The molecule has 1 aromatic carbocycles. The molecule has 2 aromatic rings. The van der Waals surface area contributed by atoms with Crippen molar-refractivity contribution in [3.05, 3.63) is 48.3 Å². The first kappa shape index (κ1) is 18.2. The molecule has 1 aliphatic rings. The quantitative estimate of drug-likeness (QED) is 0.835. The number of benzene rings is 1. The summed E-state index contributed by atoms with van der Waals surface area (Å²) in [5, 5.41) is 6.33. The fraction of sp³-hybridized carbons (Fsp3) is 0.400. The minimum atomic E-state index is -0.149. The first-order valence-electron chi connectivity index (χ1n) is 9.06. The van der Waals surface area contributed by atoms with Gasteiger partial charge in [-0.3, -0.25) is 9.78 Å². The fourth-order valence-electron chi connectivity index (χ4n) is 2.83. The number of carbonyl (C=O) groups is 1. The zero-order chi connectivity index (χ0) is 18.4. The van der Waals surface area contributed by atoms with Crippen LogP contribution in [0, 0.1) is 5.92 Å². The van der Waals surface area contributed by atoms with Gasteiger partial charge in [-0.15, -0.1) is 0 Å². The molecule has 0 radical (unpaired) electrons. The summed E-state index contributed by atoms with van der Waals surface area (Å²) in [4.78, 5) is 18.7. The number of ether oxygens (including phenoxy) is 1. The Morgan fingerprint density at radius 1 is 1.23 bits per heavy atom. The number of morpholine rings is 1. The zero-order valence-corrected chi connectivity index (χ0v) is 15.4. The number of pyridine rings is 1. The number of aromatic nitrogens is 1. The van der Waals surface area contributed by atoms with E-state index in [0.717, 1.165) is 43.4 Å². The number of nitrogens with zero attached hydrogens (tertiary/aromatic N) is 2. The molecule has 1 fully saturated rings. The molecule has 1 aromatic heterocycles. The molecule has 0 atom stereocenters. The lowest BCUT2D eigenvalue weighted by molar-refractivity contribution is 0.0944. The van der Waals surface area contributed by atoms with Crippen LogP contribution in [0.4, 0.5) is 17.1 Å². The van der Waals surface area contributed by atoms with E-state index in [1.807, 2.05) is 24.3 Å². The summed E-state index contributed by atoms with van der Waals surface area (Å²) < 4.78 is 5.45. The third-order valence-corrected chi connectivity index (χ3v) is 4.20.